The summed E-state index contributed by atoms with van der Waals surface area (Å²) in [6.45, 7) is 2.19. The van der Waals surface area contributed by atoms with E-state index >= 15 is 0 Å². The van der Waals surface area contributed by atoms with Gasteiger partial charge in [-0.05, 0) is 67.3 Å². The molecule has 2 aromatic carbocycles. The van der Waals surface area contributed by atoms with Crippen LogP contribution in [0.1, 0.15) is 17.7 Å². The number of furan rings is 1. The number of aliphatic hydroxyl groups is 1. The van der Waals surface area contributed by atoms with Gasteiger partial charge in [-0.25, -0.2) is 4.79 Å². The summed E-state index contributed by atoms with van der Waals surface area (Å²) >= 11 is 1.28. The summed E-state index contributed by atoms with van der Waals surface area (Å²) < 4.78 is 27.5. The Kier molecular flexibility index (Phi) is 9.01. The van der Waals surface area contributed by atoms with Gasteiger partial charge >= 0.3 is 6.09 Å². The van der Waals surface area contributed by atoms with E-state index in [1.165, 1.54) is 41.1 Å². The van der Waals surface area contributed by atoms with Crippen LogP contribution in [-0.2, 0) is 11.3 Å². The van der Waals surface area contributed by atoms with Gasteiger partial charge in [0.05, 0.1) is 25.2 Å². The predicted octanol–water partition coefficient (Wildman–Crippen LogP) is 4.59. The van der Waals surface area contributed by atoms with Crippen LogP contribution >= 0.6 is 11.9 Å². The van der Waals surface area contributed by atoms with E-state index in [-0.39, 0.29) is 24.1 Å². The van der Waals surface area contributed by atoms with Gasteiger partial charge in [0.25, 0.3) is 5.69 Å². The third-order valence-corrected chi connectivity index (χ3v) is 7.70. The number of nitrogens with one attached hydrogen (secondary N) is 1. The minimum absolute atomic E-state index is 0.0482. The molecular weight excluding hydrogens is 580 g/mol. The maximum atomic E-state index is 12.8. The van der Waals surface area contributed by atoms with Crippen molar-refractivity contribution in [1.82, 2.24) is 19.7 Å². The number of hydrogen-bond donors (Lipinski definition) is 2. The van der Waals surface area contributed by atoms with E-state index < -0.39 is 17.1 Å². The van der Waals surface area contributed by atoms with Crippen LogP contribution in [0.15, 0.2) is 59.0 Å². The molecule has 3 heterocycles. The number of likely N-dealkylation sites (tertiary alicyclic amines) is 1. The number of aryl methyl sites for hydroxylation is 1. The number of carbonyl (C=O) groups is 1. The first-order chi connectivity index (χ1) is 20.8. The van der Waals surface area contributed by atoms with E-state index in [0.717, 1.165) is 0 Å². The van der Waals surface area contributed by atoms with Crippen molar-refractivity contribution in [1.29, 1.82) is 0 Å². The zero-order valence-electron chi connectivity index (χ0n) is 23.6. The predicted molar refractivity (Wildman–Crippen MR) is 157 cm³/mol. The first-order valence-corrected chi connectivity index (χ1v) is 14.1. The van der Waals surface area contributed by atoms with E-state index in [9.17, 15) is 20.0 Å². The van der Waals surface area contributed by atoms with Crippen LogP contribution in [0.4, 0.5) is 16.4 Å². The monoisotopic (exact) mass is 610 g/mol. The lowest BCUT2D eigenvalue weighted by atomic mass is 10.1. The van der Waals surface area contributed by atoms with Gasteiger partial charge in [-0.3, -0.25) is 19.4 Å². The van der Waals surface area contributed by atoms with Gasteiger partial charge in [-0.1, -0.05) is 6.07 Å². The molecule has 4 aromatic rings. The van der Waals surface area contributed by atoms with Crippen LogP contribution in [0, 0.1) is 17.0 Å². The smallest absolute Gasteiger partial charge is 0.410 e. The van der Waals surface area contributed by atoms with Crippen molar-refractivity contribution >= 4 is 29.7 Å². The topological polar surface area (TPSA) is 167 Å². The Labute approximate surface area is 250 Å². The molecule has 15 heteroatoms. The summed E-state index contributed by atoms with van der Waals surface area (Å²) in [6.07, 6.45) is -0.950. The zero-order valence-corrected chi connectivity index (χ0v) is 24.4. The van der Waals surface area contributed by atoms with Crippen molar-refractivity contribution in [2.24, 2.45) is 0 Å². The van der Waals surface area contributed by atoms with E-state index in [0.29, 0.717) is 59.0 Å². The number of benzene rings is 2. The number of nitro benzene ring substituents is 1. The summed E-state index contributed by atoms with van der Waals surface area (Å²) in [6, 6.07) is 14.8. The number of methoxy groups -OCH3 is 2. The van der Waals surface area contributed by atoms with E-state index in [4.69, 9.17) is 18.6 Å². The Morgan fingerprint density at radius 2 is 1.84 bits per heavy atom. The average molecular weight is 611 g/mol. The fourth-order valence-electron chi connectivity index (χ4n) is 4.68. The molecule has 1 amide bonds. The van der Waals surface area contributed by atoms with E-state index in [1.54, 1.807) is 37.0 Å². The molecule has 2 aromatic heterocycles. The van der Waals surface area contributed by atoms with Gasteiger partial charge in [0.2, 0.25) is 11.8 Å². The number of β-amino-alcohol motifs (C(OH)–C–C–N with tert-alkyl or cyclic N) is 1. The summed E-state index contributed by atoms with van der Waals surface area (Å²) in [7, 11) is 3.11. The van der Waals surface area contributed by atoms with Crippen LogP contribution in [0.25, 0.3) is 17.3 Å². The fraction of sp³-hybridized carbons (Fsp3) is 0.321. The van der Waals surface area contributed by atoms with Gasteiger partial charge in [0.15, 0.2) is 5.76 Å². The van der Waals surface area contributed by atoms with E-state index in [2.05, 4.69) is 14.9 Å². The van der Waals surface area contributed by atoms with Crippen LogP contribution in [-0.4, -0.2) is 74.5 Å². The summed E-state index contributed by atoms with van der Waals surface area (Å²) in [5.74, 6) is 3.00. The lowest BCUT2D eigenvalue weighted by Gasteiger charge is -2.34. The largest absolute Gasteiger partial charge is 0.494 e. The summed E-state index contributed by atoms with van der Waals surface area (Å²) in [5, 5.41) is 29.9. The second kappa shape index (κ2) is 13.0. The second-order valence-electron chi connectivity index (χ2n) is 9.72. The van der Waals surface area contributed by atoms with Crippen molar-refractivity contribution in [3.63, 3.8) is 0 Å². The van der Waals surface area contributed by atoms with Crippen LogP contribution in [0.5, 0.6) is 11.5 Å². The molecule has 43 heavy (non-hydrogen) atoms. The number of rotatable bonds is 10. The minimum Gasteiger partial charge on any atom is -0.494 e. The molecule has 5 rings (SSSR count). The number of para-hydroxylation sites is 1. The quantitative estimate of drug-likeness (QED) is 0.146. The third kappa shape index (κ3) is 6.67. The molecule has 2 atom stereocenters. The molecular formula is C28H30N6O8S. The van der Waals surface area contributed by atoms with Crippen molar-refractivity contribution in [3.05, 3.63) is 76.0 Å². The third-order valence-electron chi connectivity index (χ3n) is 6.72. The summed E-state index contributed by atoms with van der Waals surface area (Å²) in [4.78, 5) is 24.6. The highest BCUT2D eigenvalue weighted by molar-refractivity contribution is 8.01. The number of nitrogens with zero attached hydrogens (tertiary/aromatic N) is 5. The molecule has 2 unspecified atom stereocenters. The second-order valence-corrected chi connectivity index (χ2v) is 10.8. The molecule has 0 bridgehead atoms. The fourth-order valence-corrected chi connectivity index (χ4v) is 5.65. The molecule has 1 saturated heterocycles. The Morgan fingerprint density at radius 1 is 1.12 bits per heavy atom. The summed E-state index contributed by atoms with van der Waals surface area (Å²) in [5.41, 5.74) is 1.12. The highest BCUT2D eigenvalue weighted by atomic mass is 32.2. The molecule has 2 N–H and O–H groups in total. The van der Waals surface area contributed by atoms with Crippen molar-refractivity contribution in [3.8, 4) is 28.8 Å². The van der Waals surface area contributed by atoms with Gasteiger partial charge in [-0.15, -0.1) is 10.2 Å². The minimum atomic E-state index is -0.770. The highest BCUT2D eigenvalue weighted by Gasteiger charge is 2.32. The number of ether oxygens (including phenoxy) is 3. The molecule has 1 aliphatic heterocycles. The number of hydrogen-bond acceptors (Lipinski definition) is 12. The first kappa shape index (κ1) is 29.7. The highest BCUT2D eigenvalue weighted by Crippen LogP contribution is 2.38. The number of nitro groups is 1. The van der Waals surface area contributed by atoms with Crippen molar-refractivity contribution in [2.75, 3.05) is 32.0 Å². The maximum Gasteiger partial charge on any atom is 0.410 e. The molecule has 0 spiro atoms. The van der Waals surface area contributed by atoms with Crippen LogP contribution < -0.4 is 14.2 Å². The Bertz CT molecular complexity index is 1570. The normalized spacial score (nSPS) is 16.5. The average Bonchev–Trinajstić information content (AvgIpc) is 3.63. The molecule has 0 radical (unpaired) electrons. The lowest BCUT2D eigenvalue weighted by molar-refractivity contribution is -0.384. The molecule has 0 saturated carbocycles. The number of carbonyl (C=O) groups excluding carboxylic acids is 1. The SMILES string of the molecule is COc1cccc(OC)c1-n1c(NSC2CC(O)CN(C(=O)OCc3ccc([N+](=O)[O-])cc3)C2)nnc1-c1ccc(C)o1. The van der Waals surface area contributed by atoms with Crippen LogP contribution in [0.3, 0.4) is 0 Å². The van der Waals surface area contributed by atoms with Gasteiger partial charge in [0.1, 0.15) is 29.6 Å². The van der Waals surface area contributed by atoms with Crippen LogP contribution in [0.2, 0.25) is 0 Å². The zero-order chi connectivity index (χ0) is 30.5. The Hall–Kier alpha value is -4.76. The number of piperidine rings is 1. The standard InChI is InChI=1S/C28H30N6O8S/c1-17-7-12-24(42-17)26-29-30-27(33(26)25-22(39-2)5-4-6-23(25)40-3)31-43-21-13-20(35)14-32(15-21)28(36)41-16-18-8-10-19(11-9-18)34(37)38/h4-12,20-21,35H,13-16H2,1-3H3,(H,30,31). The Morgan fingerprint density at radius 3 is 2.47 bits per heavy atom. The number of anilines is 1. The molecule has 1 fully saturated rings. The molecule has 226 valence electrons. The number of non-ortho nitro benzene ring substituents is 1. The molecule has 0 aliphatic carbocycles. The Balaban J connectivity index is 1.32. The number of aromatic nitrogens is 3. The first-order valence-electron chi connectivity index (χ1n) is 13.3. The maximum absolute atomic E-state index is 12.8. The van der Waals surface area contributed by atoms with Gasteiger partial charge in [-0.2, -0.15) is 0 Å². The van der Waals surface area contributed by atoms with Gasteiger partial charge in [0, 0.05) is 30.5 Å². The van der Waals surface area contributed by atoms with E-state index in [1.807, 2.05) is 19.1 Å². The lowest BCUT2D eigenvalue weighted by Crippen LogP contribution is -2.47. The molecule has 14 nitrogen and oxygen atoms in total. The molecule has 1 aliphatic rings. The van der Waals surface area contributed by atoms with Crippen molar-refractivity contribution < 1.29 is 33.5 Å². The number of amides is 1. The number of aliphatic hydroxyl groups excluding tert-OH is 1. The van der Waals surface area contributed by atoms with Gasteiger partial charge < -0.3 is 28.6 Å². The van der Waals surface area contributed by atoms with Crippen molar-refractivity contribution in [2.45, 2.75) is 31.3 Å².